The van der Waals surface area contributed by atoms with Crippen LogP contribution in [0.4, 0.5) is 17.2 Å². The molecule has 4 N–H and O–H groups in total. The van der Waals surface area contributed by atoms with E-state index in [-0.39, 0.29) is 35.9 Å². The van der Waals surface area contributed by atoms with Gasteiger partial charge in [-0.15, -0.1) is 0 Å². The molecule has 36 heavy (non-hydrogen) atoms. The number of amides is 2. The van der Waals surface area contributed by atoms with Gasteiger partial charge in [0, 0.05) is 49.7 Å². The van der Waals surface area contributed by atoms with Gasteiger partial charge in [-0.2, -0.15) is 0 Å². The van der Waals surface area contributed by atoms with E-state index in [4.69, 9.17) is 5.73 Å². The number of hydrogen-bond donors (Lipinski definition) is 3. The Kier molecular flexibility index (Phi) is 9.20. The van der Waals surface area contributed by atoms with Gasteiger partial charge in [-0.25, -0.2) is 9.78 Å². The van der Waals surface area contributed by atoms with E-state index in [2.05, 4.69) is 15.3 Å². The highest BCUT2D eigenvalue weighted by atomic mass is 16.2. The maximum absolute atomic E-state index is 13.6. The Balaban J connectivity index is 1.87. The Bertz CT molecular complexity index is 1290. The van der Waals surface area contributed by atoms with E-state index >= 15 is 0 Å². The van der Waals surface area contributed by atoms with Crippen LogP contribution >= 0.6 is 0 Å². The Morgan fingerprint density at radius 1 is 1.14 bits per heavy atom. The molecule has 2 amide bonds. The first-order valence-electron chi connectivity index (χ1n) is 12.2. The molecule has 0 aliphatic carbocycles. The van der Waals surface area contributed by atoms with Gasteiger partial charge in [0.05, 0.1) is 6.33 Å². The number of rotatable bonds is 12. The first-order chi connectivity index (χ1) is 17.3. The van der Waals surface area contributed by atoms with Crippen LogP contribution in [-0.4, -0.2) is 37.5 Å². The summed E-state index contributed by atoms with van der Waals surface area (Å²) in [6.07, 6.45) is 8.23. The molecule has 0 bridgehead atoms. The molecule has 0 spiro atoms. The first-order valence-corrected chi connectivity index (χ1v) is 12.2. The van der Waals surface area contributed by atoms with Gasteiger partial charge in [-0.05, 0) is 31.0 Å². The normalized spacial score (nSPS) is 10.8. The summed E-state index contributed by atoms with van der Waals surface area (Å²) in [5.41, 5.74) is 5.66. The van der Waals surface area contributed by atoms with Gasteiger partial charge in [0.1, 0.15) is 5.82 Å². The number of unbranched alkanes of at least 4 members (excludes halogenated alkanes) is 2. The van der Waals surface area contributed by atoms with Gasteiger partial charge in [0.15, 0.2) is 5.69 Å². The fraction of sp³-hybridized carbons (Fsp3) is 0.400. The number of carbonyl (C=O) groups is 2. The largest absolute Gasteiger partial charge is 0.383 e. The van der Waals surface area contributed by atoms with Crippen molar-refractivity contribution in [3.8, 4) is 0 Å². The molecule has 192 valence electrons. The van der Waals surface area contributed by atoms with Crippen molar-refractivity contribution in [2.24, 2.45) is 0 Å². The van der Waals surface area contributed by atoms with Crippen LogP contribution in [0.3, 0.4) is 0 Å². The Hall–Kier alpha value is -4.15. The number of nitrogens with two attached hydrogens (primary N) is 1. The van der Waals surface area contributed by atoms with Crippen LogP contribution in [0.15, 0.2) is 52.6 Å². The van der Waals surface area contributed by atoms with Crippen LogP contribution in [0, 0.1) is 0 Å². The van der Waals surface area contributed by atoms with Crippen LogP contribution in [-0.2, 0) is 17.9 Å². The second kappa shape index (κ2) is 12.5. The van der Waals surface area contributed by atoms with Gasteiger partial charge < -0.3 is 20.5 Å². The second-order valence-corrected chi connectivity index (χ2v) is 8.49. The van der Waals surface area contributed by atoms with Crippen LogP contribution in [0.5, 0.6) is 0 Å². The molecule has 0 saturated heterocycles. The van der Waals surface area contributed by atoms with E-state index in [0.717, 1.165) is 12.8 Å². The fourth-order valence-electron chi connectivity index (χ4n) is 3.77. The zero-order chi connectivity index (χ0) is 26.1. The molecule has 0 atom stereocenters. The van der Waals surface area contributed by atoms with Crippen LogP contribution in [0.25, 0.3) is 0 Å². The summed E-state index contributed by atoms with van der Waals surface area (Å²) in [7, 11) is 0. The fourth-order valence-corrected chi connectivity index (χ4v) is 3.77. The van der Waals surface area contributed by atoms with Crippen molar-refractivity contribution in [2.45, 2.75) is 59.0 Å². The van der Waals surface area contributed by atoms with Crippen molar-refractivity contribution in [3.63, 3.8) is 0 Å². The average molecular weight is 496 g/mol. The van der Waals surface area contributed by atoms with Crippen molar-refractivity contribution in [2.75, 3.05) is 22.5 Å². The molecule has 2 heterocycles. The van der Waals surface area contributed by atoms with Crippen LogP contribution in [0.2, 0.25) is 0 Å². The number of H-pyrrole nitrogens is 1. The van der Waals surface area contributed by atoms with E-state index in [1.807, 2.05) is 13.8 Å². The zero-order valence-electron chi connectivity index (χ0n) is 20.7. The van der Waals surface area contributed by atoms with Crippen molar-refractivity contribution in [3.05, 3.63) is 69.4 Å². The Labute approximate surface area is 209 Å². The minimum Gasteiger partial charge on any atom is -0.383 e. The van der Waals surface area contributed by atoms with E-state index in [0.29, 0.717) is 31.6 Å². The quantitative estimate of drug-likeness (QED) is 0.352. The molecule has 1 aromatic carbocycles. The summed E-state index contributed by atoms with van der Waals surface area (Å²) in [4.78, 5) is 58.7. The standard InChI is InChI=1S/C25H33N7O4/c1-3-5-12-31(21-22(26)32(13-6-4-2)25(36)29-23(21)34)24(35)18-8-7-9-19(16-18)28-20(33)10-14-30-15-11-27-17-30/h7-9,11,15-17H,3-6,10,12-14,26H2,1-2H3,(H,28,33)(H,29,34,36). The number of nitrogens with zero attached hydrogens (tertiary/aromatic N) is 4. The average Bonchev–Trinajstić information content (AvgIpc) is 3.38. The topological polar surface area (TPSA) is 148 Å². The van der Waals surface area contributed by atoms with Gasteiger partial charge in [-0.3, -0.25) is 23.9 Å². The Morgan fingerprint density at radius 2 is 1.92 bits per heavy atom. The lowest BCUT2D eigenvalue weighted by Crippen LogP contribution is -2.41. The lowest BCUT2D eigenvalue weighted by Gasteiger charge is -2.24. The first kappa shape index (κ1) is 26.5. The molecule has 11 heteroatoms. The van der Waals surface area contributed by atoms with Crippen molar-refractivity contribution < 1.29 is 9.59 Å². The summed E-state index contributed by atoms with van der Waals surface area (Å²) in [6.45, 7) is 5.01. The molecule has 0 aliphatic heterocycles. The maximum Gasteiger partial charge on any atom is 0.330 e. The van der Waals surface area contributed by atoms with Crippen LogP contribution in [0.1, 0.15) is 56.3 Å². The molecule has 0 saturated carbocycles. The summed E-state index contributed by atoms with van der Waals surface area (Å²) in [6, 6.07) is 6.52. The van der Waals surface area contributed by atoms with Gasteiger partial charge in [0.2, 0.25) is 5.91 Å². The third-order valence-electron chi connectivity index (χ3n) is 5.75. The van der Waals surface area contributed by atoms with Crippen LogP contribution < -0.4 is 27.2 Å². The number of nitrogens with one attached hydrogen (secondary N) is 2. The molecule has 11 nitrogen and oxygen atoms in total. The lowest BCUT2D eigenvalue weighted by molar-refractivity contribution is -0.116. The molecule has 3 rings (SSSR count). The van der Waals surface area contributed by atoms with Crippen molar-refractivity contribution >= 4 is 29.0 Å². The number of aromatic nitrogens is 4. The summed E-state index contributed by atoms with van der Waals surface area (Å²) >= 11 is 0. The molecule has 2 aromatic heterocycles. The maximum atomic E-state index is 13.6. The molecule has 0 radical (unpaired) electrons. The smallest absolute Gasteiger partial charge is 0.330 e. The third kappa shape index (κ3) is 6.49. The monoisotopic (exact) mass is 495 g/mol. The number of carbonyl (C=O) groups excluding carboxylic acids is 2. The summed E-state index contributed by atoms with van der Waals surface area (Å²) in [5.74, 6) is -0.693. The lowest BCUT2D eigenvalue weighted by atomic mass is 10.1. The molecule has 0 fully saturated rings. The van der Waals surface area contributed by atoms with Gasteiger partial charge in [0.25, 0.3) is 11.5 Å². The number of hydrogen-bond acceptors (Lipinski definition) is 6. The van der Waals surface area contributed by atoms with E-state index in [1.165, 1.54) is 9.47 Å². The SMILES string of the molecule is CCCCN(C(=O)c1cccc(NC(=O)CCn2ccnc2)c1)c1c(N)n(CCCC)c(=O)[nH]c1=O. The third-order valence-corrected chi connectivity index (χ3v) is 5.75. The van der Waals surface area contributed by atoms with Crippen molar-refractivity contribution in [1.29, 1.82) is 0 Å². The Morgan fingerprint density at radius 3 is 2.61 bits per heavy atom. The molecule has 0 aliphatic rings. The number of imidazole rings is 1. The molecule has 3 aromatic rings. The van der Waals surface area contributed by atoms with Gasteiger partial charge in [-0.1, -0.05) is 32.8 Å². The summed E-state index contributed by atoms with van der Waals surface area (Å²) < 4.78 is 3.09. The molecular formula is C25H33N7O4. The molecule has 0 unspecified atom stereocenters. The van der Waals surface area contributed by atoms with Crippen molar-refractivity contribution in [1.82, 2.24) is 19.1 Å². The highest BCUT2D eigenvalue weighted by Crippen LogP contribution is 2.22. The number of aromatic amines is 1. The number of aryl methyl sites for hydroxylation is 1. The highest BCUT2D eigenvalue weighted by Gasteiger charge is 2.25. The minimum absolute atomic E-state index is 0.0365. The predicted molar refractivity (Wildman–Crippen MR) is 139 cm³/mol. The van der Waals surface area contributed by atoms with Gasteiger partial charge >= 0.3 is 5.69 Å². The number of benzene rings is 1. The number of nitrogen functional groups attached to an aromatic ring is 1. The minimum atomic E-state index is -0.710. The second-order valence-electron chi connectivity index (χ2n) is 8.49. The van der Waals surface area contributed by atoms with E-state index in [1.54, 1.807) is 47.6 Å². The summed E-state index contributed by atoms with van der Waals surface area (Å²) in [5, 5.41) is 2.80. The van der Waals surface area contributed by atoms with E-state index < -0.39 is 17.2 Å². The highest BCUT2D eigenvalue weighted by molar-refractivity contribution is 6.08. The predicted octanol–water partition coefficient (Wildman–Crippen LogP) is 2.59. The number of anilines is 3. The van der Waals surface area contributed by atoms with E-state index in [9.17, 15) is 19.2 Å². The zero-order valence-corrected chi connectivity index (χ0v) is 20.7. The molecular weight excluding hydrogens is 462 g/mol.